The number of aryl methyl sites for hydroxylation is 1. The third-order valence-electron chi connectivity index (χ3n) is 3.87. The lowest BCUT2D eigenvalue weighted by molar-refractivity contribution is -0.127. The summed E-state index contributed by atoms with van der Waals surface area (Å²) in [4.78, 5) is 12.1. The number of nitrogens with one attached hydrogen (secondary N) is 1. The van der Waals surface area contributed by atoms with Gasteiger partial charge in [0, 0.05) is 0 Å². The molecule has 0 aromatic heterocycles. The van der Waals surface area contributed by atoms with E-state index in [9.17, 15) is 4.79 Å². The molecule has 0 heterocycles. The molecular formula is C21H27NO4. The van der Waals surface area contributed by atoms with E-state index in [0.29, 0.717) is 18.9 Å². The molecule has 2 aromatic rings. The quantitative estimate of drug-likeness (QED) is 0.660. The molecule has 1 amide bonds. The molecule has 26 heavy (non-hydrogen) atoms. The van der Waals surface area contributed by atoms with E-state index in [1.165, 1.54) is 5.56 Å². The van der Waals surface area contributed by atoms with Crippen LogP contribution in [0.3, 0.4) is 0 Å². The molecular weight excluding hydrogens is 330 g/mol. The maximum atomic E-state index is 12.1. The van der Waals surface area contributed by atoms with Crippen molar-refractivity contribution in [1.82, 2.24) is 5.32 Å². The zero-order chi connectivity index (χ0) is 18.8. The van der Waals surface area contributed by atoms with Crippen molar-refractivity contribution in [2.45, 2.75) is 32.8 Å². The Labute approximate surface area is 155 Å². The van der Waals surface area contributed by atoms with E-state index in [0.717, 1.165) is 24.3 Å². The van der Waals surface area contributed by atoms with Gasteiger partial charge in [0.25, 0.3) is 5.91 Å². The molecule has 1 N–H and O–H groups in total. The molecule has 0 aliphatic rings. The van der Waals surface area contributed by atoms with Crippen molar-refractivity contribution < 1.29 is 19.0 Å². The van der Waals surface area contributed by atoms with Crippen molar-refractivity contribution in [3.63, 3.8) is 0 Å². The normalized spacial score (nSPS) is 11.5. The van der Waals surface area contributed by atoms with E-state index in [2.05, 4.69) is 24.4 Å². The summed E-state index contributed by atoms with van der Waals surface area (Å²) in [5.74, 6) is 2.00. The van der Waals surface area contributed by atoms with Crippen LogP contribution in [0.2, 0.25) is 0 Å². The van der Waals surface area contributed by atoms with Gasteiger partial charge in [0.2, 0.25) is 0 Å². The molecule has 1 atom stereocenters. The van der Waals surface area contributed by atoms with E-state index in [1.54, 1.807) is 38.3 Å². The van der Waals surface area contributed by atoms with Gasteiger partial charge in [0.1, 0.15) is 23.9 Å². The number of carbonyl (C=O) groups excluding carboxylic acids is 1. The Balaban J connectivity index is 1.68. The monoisotopic (exact) mass is 357 g/mol. The number of hydrogen-bond acceptors (Lipinski definition) is 4. The molecule has 140 valence electrons. The minimum absolute atomic E-state index is 0.178. The van der Waals surface area contributed by atoms with Crippen molar-refractivity contribution >= 4 is 5.91 Å². The Morgan fingerprint density at radius 3 is 2.23 bits per heavy atom. The van der Waals surface area contributed by atoms with E-state index in [1.807, 2.05) is 12.1 Å². The first-order valence-electron chi connectivity index (χ1n) is 8.92. The number of rotatable bonds is 10. The van der Waals surface area contributed by atoms with Crippen LogP contribution in [-0.4, -0.2) is 32.3 Å². The Hall–Kier alpha value is -2.69. The van der Waals surface area contributed by atoms with Crippen LogP contribution in [0.1, 0.15) is 25.8 Å². The van der Waals surface area contributed by atoms with Gasteiger partial charge < -0.3 is 19.5 Å². The van der Waals surface area contributed by atoms with Gasteiger partial charge in [-0.15, -0.1) is 0 Å². The van der Waals surface area contributed by atoms with Gasteiger partial charge >= 0.3 is 0 Å². The SMILES string of the molecule is CCCc1ccc(OCCNC(=O)C(C)Oc2ccc(OC)cc2)cc1. The fraction of sp³-hybridized carbons (Fsp3) is 0.381. The van der Waals surface area contributed by atoms with Crippen LogP contribution < -0.4 is 19.5 Å². The summed E-state index contributed by atoms with van der Waals surface area (Å²) in [6.45, 7) is 4.71. The van der Waals surface area contributed by atoms with Gasteiger partial charge in [0.05, 0.1) is 13.7 Å². The summed E-state index contributed by atoms with van der Waals surface area (Å²) in [5, 5.41) is 2.81. The van der Waals surface area contributed by atoms with E-state index in [4.69, 9.17) is 14.2 Å². The van der Waals surface area contributed by atoms with Crippen molar-refractivity contribution in [3.05, 3.63) is 54.1 Å². The Bertz CT molecular complexity index is 667. The fourth-order valence-corrected chi connectivity index (χ4v) is 2.44. The highest BCUT2D eigenvalue weighted by Crippen LogP contribution is 2.18. The van der Waals surface area contributed by atoms with Crippen LogP contribution >= 0.6 is 0 Å². The van der Waals surface area contributed by atoms with Gasteiger partial charge in [-0.25, -0.2) is 0 Å². The van der Waals surface area contributed by atoms with Crippen LogP contribution in [-0.2, 0) is 11.2 Å². The van der Waals surface area contributed by atoms with Crippen LogP contribution in [0.5, 0.6) is 17.2 Å². The summed E-state index contributed by atoms with van der Waals surface area (Å²) >= 11 is 0. The first kappa shape index (κ1) is 19.6. The lowest BCUT2D eigenvalue weighted by atomic mass is 10.1. The first-order chi connectivity index (χ1) is 12.6. The highest BCUT2D eigenvalue weighted by atomic mass is 16.5. The number of ether oxygens (including phenoxy) is 3. The standard InChI is InChI=1S/C21H27NO4/c1-4-5-17-6-8-19(9-7-17)25-15-14-22-21(23)16(2)26-20-12-10-18(24-3)11-13-20/h6-13,16H,4-5,14-15H2,1-3H3,(H,22,23). The molecule has 0 fully saturated rings. The Kier molecular flexibility index (Phi) is 7.80. The largest absolute Gasteiger partial charge is 0.497 e. The number of hydrogen-bond donors (Lipinski definition) is 1. The molecule has 0 aliphatic heterocycles. The van der Waals surface area contributed by atoms with Crippen molar-refractivity contribution in [3.8, 4) is 17.2 Å². The number of benzene rings is 2. The summed E-state index contributed by atoms with van der Waals surface area (Å²) < 4.78 is 16.4. The topological polar surface area (TPSA) is 56.8 Å². The maximum absolute atomic E-state index is 12.1. The first-order valence-corrected chi connectivity index (χ1v) is 8.92. The molecule has 1 unspecified atom stereocenters. The van der Waals surface area contributed by atoms with Crippen LogP contribution in [0.25, 0.3) is 0 Å². The Morgan fingerprint density at radius 1 is 1.00 bits per heavy atom. The maximum Gasteiger partial charge on any atom is 0.260 e. The highest BCUT2D eigenvalue weighted by molar-refractivity contribution is 5.80. The van der Waals surface area contributed by atoms with Gasteiger partial charge in [-0.3, -0.25) is 4.79 Å². The summed E-state index contributed by atoms with van der Waals surface area (Å²) in [6.07, 6.45) is 1.61. The van der Waals surface area contributed by atoms with Crippen LogP contribution in [0, 0.1) is 0 Å². The molecule has 0 spiro atoms. The van der Waals surface area contributed by atoms with Crippen molar-refractivity contribution in [2.24, 2.45) is 0 Å². The smallest absolute Gasteiger partial charge is 0.260 e. The average Bonchev–Trinajstić information content (AvgIpc) is 2.67. The van der Waals surface area contributed by atoms with Gasteiger partial charge in [0.15, 0.2) is 6.10 Å². The van der Waals surface area contributed by atoms with Gasteiger partial charge in [-0.2, -0.15) is 0 Å². The van der Waals surface area contributed by atoms with Crippen molar-refractivity contribution in [2.75, 3.05) is 20.3 Å². The lowest BCUT2D eigenvalue weighted by Gasteiger charge is -2.15. The molecule has 2 rings (SSSR count). The van der Waals surface area contributed by atoms with E-state index < -0.39 is 6.10 Å². The summed E-state index contributed by atoms with van der Waals surface area (Å²) in [7, 11) is 1.60. The summed E-state index contributed by atoms with van der Waals surface area (Å²) in [5.41, 5.74) is 1.30. The summed E-state index contributed by atoms with van der Waals surface area (Å²) in [6, 6.07) is 15.2. The van der Waals surface area contributed by atoms with Crippen LogP contribution in [0.15, 0.2) is 48.5 Å². The predicted octanol–water partition coefficient (Wildman–Crippen LogP) is 3.61. The minimum atomic E-state index is -0.586. The van der Waals surface area contributed by atoms with E-state index in [-0.39, 0.29) is 5.91 Å². The number of amides is 1. The molecule has 0 radical (unpaired) electrons. The van der Waals surface area contributed by atoms with Gasteiger partial charge in [-0.05, 0) is 55.3 Å². The molecule has 5 heteroatoms. The molecule has 0 bridgehead atoms. The second-order valence-corrected chi connectivity index (χ2v) is 5.97. The highest BCUT2D eigenvalue weighted by Gasteiger charge is 2.14. The Morgan fingerprint density at radius 2 is 1.62 bits per heavy atom. The third-order valence-corrected chi connectivity index (χ3v) is 3.87. The zero-order valence-electron chi connectivity index (χ0n) is 15.7. The van der Waals surface area contributed by atoms with Crippen LogP contribution in [0.4, 0.5) is 0 Å². The number of methoxy groups -OCH3 is 1. The predicted molar refractivity (Wildman–Crippen MR) is 102 cm³/mol. The molecule has 5 nitrogen and oxygen atoms in total. The average molecular weight is 357 g/mol. The molecule has 2 aromatic carbocycles. The second kappa shape index (κ2) is 10.3. The number of carbonyl (C=O) groups is 1. The molecule has 0 saturated heterocycles. The minimum Gasteiger partial charge on any atom is -0.497 e. The fourth-order valence-electron chi connectivity index (χ4n) is 2.44. The third kappa shape index (κ3) is 6.31. The van der Waals surface area contributed by atoms with Crippen molar-refractivity contribution in [1.29, 1.82) is 0 Å². The van der Waals surface area contributed by atoms with E-state index >= 15 is 0 Å². The second-order valence-electron chi connectivity index (χ2n) is 5.97. The van der Waals surface area contributed by atoms with Gasteiger partial charge in [-0.1, -0.05) is 25.5 Å². The molecule has 0 saturated carbocycles. The molecule has 0 aliphatic carbocycles. The zero-order valence-corrected chi connectivity index (χ0v) is 15.7. The lowest BCUT2D eigenvalue weighted by Crippen LogP contribution is -2.38.